The summed E-state index contributed by atoms with van der Waals surface area (Å²) in [6.07, 6.45) is -0.631. The zero-order valence-electron chi connectivity index (χ0n) is 14.8. The molecule has 0 aliphatic rings. The van der Waals surface area contributed by atoms with E-state index in [4.69, 9.17) is 11.6 Å². The lowest BCUT2D eigenvalue weighted by molar-refractivity contribution is 0.181. The number of thiazole rings is 1. The third-order valence-electron chi connectivity index (χ3n) is 3.60. The third-order valence-corrected chi connectivity index (χ3v) is 4.70. The van der Waals surface area contributed by atoms with E-state index in [0.29, 0.717) is 30.0 Å². The highest BCUT2D eigenvalue weighted by molar-refractivity contribution is 7.09. The van der Waals surface area contributed by atoms with Crippen LogP contribution in [0.1, 0.15) is 49.1 Å². The summed E-state index contributed by atoms with van der Waals surface area (Å²) in [6, 6.07) is 7.19. The third kappa shape index (κ3) is 6.30. The van der Waals surface area contributed by atoms with Crippen LogP contribution in [0.5, 0.6) is 0 Å². The summed E-state index contributed by atoms with van der Waals surface area (Å²) in [4.78, 5) is 9.13. The number of hydrogen-bond donors (Lipinski definition) is 3. The summed E-state index contributed by atoms with van der Waals surface area (Å²) >= 11 is 7.50. The van der Waals surface area contributed by atoms with Crippen molar-refractivity contribution >= 4 is 28.9 Å². The molecule has 7 heteroatoms. The van der Waals surface area contributed by atoms with Gasteiger partial charge in [-0.3, -0.25) is 0 Å². The van der Waals surface area contributed by atoms with E-state index in [1.807, 2.05) is 19.1 Å². The van der Waals surface area contributed by atoms with E-state index < -0.39 is 6.10 Å². The van der Waals surface area contributed by atoms with Crippen molar-refractivity contribution in [3.63, 3.8) is 0 Å². The van der Waals surface area contributed by atoms with E-state index in [1.54, 1.807) is 23.5 Å². The molecule has 3 N–H and O–H groups in total. The van der Waals surface area contributed by atoms with Crippen LogP contribution in [0, 0.1) is 0 Å². The van der Waals surface area contributed by atoms with Crippen LogP contribution >= 0.6 is 22.9 Å². The number of hydrogen-bond acceptors (Lipinski definition) is 4. The Morgan fingerprint density at radius 3 is 2.60 bits per heavy atom. The first kappa shape index (κ1) is 19.7. The van der Waals surface area contributed by atoms with Crippen LogP contribution in [0.4, 0.5) is 0 Å². The molecule has 0 radical (unpaired) electrons. The van der Waals surface area contributed by atoms with E-state index in [-0.39, 0.29) is 0 Å². The minimum absolute atomic E-state index is 0.364. The Morgan fingerprint density at radius 2 is 2.00 bits per heavy atom. The Balaban J connectivity index is 1.93. The van der Waals surface area contributed by atoms with Gasteiger partial charge in [0.05, 0.1) is 18.3 Å². The number of aliphatic hydroxyl groups excluding tert-OH is 1. The molecule has 0 bridgehead atoms. The Kier molecular flexibility index (Phi) is 7.68. The number of benzene rings is 1. The Labute approximate surface area is 158 Å². The van der Waals surface area contributed by atoms with Crippen molar-refractivity contribution in [2.45, 2.75) is 39.3 Å². The molecule has 0 saturated heterocycles. The number of rotatable bonds is 7. The molecule has 0 fully saturated rings. The number of nitrogens with one attached hydrogen (secondary N) is 2. The van der Waals surface area contributed by atoms with E-state index in [0.717, 1.165) is 22.8 Å². The maximum Gasteiger partial charge on any atom is 0.191 e. The van der Waals surface area contributed by atoms with Gasteiger partial charge in [0, 0.05) is 23.5 Å². The van der Waals surface area contributed by atoms with Gasteiger partial charge in [-0.25, -0.2) is 9.98 Å². The van der Waals surface area contributed by atoms with Crippen molar-refractivity contribution in [3.05, 3.63) is 50.9 Å². The average molecular weight is 381 g/mol. The number of aliphatic imine (C=N–C) groups is 1. The van der Waals surface area contributed by atoms with Crippen LogP contribution in [-0.4, -0.2) is 29.1 Å². The van der Waals surface area contributed by atoms with Gasteiger partial charge in [-0.1, -0.05) is 37.6 Å². The zero-order valence-corrected chi connectivity index (χ0v) is 16.4. The second-order valence-corrected chi connectivity index (χ2v) is 7.34. The number of aromatic nitrogens is 1. The molecule has 136 valence electrons. The second kappa shape index (κ2) is 9.75. The quantitative estimate of drug-likeness (QED) is 0.506. The summed E-state index contributed by atoms with van der Waals surface area (Å²) < 4.78 is 0. The molecule has 25 heavy (non-hydrogen) atoms. The molecular formula is C18H25ClN4OS. The van der Waals surface area contributed by atoms with Gasteiger partial charge in [-0.2, -0.15) is 0 Å². The predicted octanol–water partition coefficient (Wildman–Crippen LogP) is 3.71. The number of aliphatic hydroxyl groups is 1. The Hall–Kier alpha value is -1.63. The molecule has 1 heterocycles. The van der Waals surface area contributed by atoms with Gasteiger partial charge in [0.15, 0.2) is 5.96 Å². The van der Waals surface area contributed by atoms with Gasteiger partial charge in [-0.15, -0.1) is 11.3 Å². The molecule has 1 aromatic heterocycles. The molecule has 5 nitrogen and oxygen atoms in total. The van der Waals surface area contributed by atoms with Crippen LogP contribution in [0.15, 0.2) is 34.6 Å². The zero-order chi connectivity index (χ0) is 18.2. The van der Waals surface area contributed by atoms with Gasteiger partial charge in [0.25, 0.3) is 0 Å². The van der Waals surface area contributed by atoms with E-state index in [1.165, 1.54) is 0 Å². The first-order chi connectivity index (χ1) is 12.0. The smallest absolute Gasteiger partial charge is 0.191 e. The Bertz CT molecular complexity index is 685. The summed E-state index contributed by atoms with van der Waals surface area (Å²) in [5, 5.41) is 20.4. The van der Waals surface area contributed by atoms with Crippen LogP contribution in [0.3, 0.4) is 0 Å². The van der Waals surface area contributed by atoms with Gasteiger partial charge >= 0.3 is 0 Å². The fourth-order valence-corrected chi connectivity index (χ4v) is 3.15. The van der Waals surface area contributed by atoms with Crippen molar-refractivity contribution in [2.24, 2.45) is 4.99 Å². The summed E-state index contributed by atoms with van der Waals surface area (Å²) in [7, 11) is 0. The van der Waals surface area contributed by atoms with Gasteiger partial charge in [0.1, 0.15) is 5.01 Å². The molecular weight excluding hydrogens is 356 g/mol. The minimum atomic E-state index is -0.631. The molecule has 2 aromatic rings. The fourth-order valence-electron chi connectivity index (χ4n) is 2.15. The highest BCUT2D eigenvalue weighted by Crippen LogP contribution is 2.18. The van der Waals surface area contributed by atoms with Crippen LogP contribution in [0.2, 0.25) is 5.02 Å². The van der Waals surface area contributed by atoms with Crippen molar-refractivity contribution in [2.75, 3.05) is 13.1 Å². The Morgan fingerprint density at radius 1 is 1.28 bits per heavy atom. The maximum atomic E-state index is 10.3. The first-order valence-corrected chi connectivity index (χ1v) is 9.65. The topological polar surface area (TPSA) is 69.5 Å². The lowest BCUT2D eigenvalue weighted by atomic mass is 10.1. The maximum absolute atomic E-state index is 10.3. The molecule has 1 atom stereocenters. The summed E-state index contributed by atoms with van der Waals surface area (Å²) in [5.74, 6) is 1.09. The largest absolute Gasteiger partial charge is 0.387 e. The van der Waals surface area contributed by atoms with Gasteiger partial charge in [0.2, 0.25) is 0 Å². The second-order valence-electron chi connectivity index (χ2n) is 5.96. The lowest BCUT2D eigenvalue weighted by Crippen LogP contribution is -2.39. The molecule has 1 unspecified atom stereocenters. The van der Waals surface area contributed by atoms with Crippen molar-refractivity contribution < 1.29 is 5.11 Å². The van der Waals surface area contributed by atoms with Gasteiger partial charge in [-0.05, 0) is 30.5 Å². The minimum Gasteiger partial charge on any atom is -0.387 e. The van der Waals surface area contributed by atoms with Crippen LogP contribution in [-0.2, 0) is 6.54 Å². The van der Waals surface area contributed by atoms with Crippen molar-refractivity contribution in [1.82, 2.24) is 15.6 Å². The fraction of sp³-hybridized carbons (Fsp3) is 0.444. The molecule has 0 aliphatic heterocycles. The highest BCUT2D eigenvalue weighted by atomic mass is 35.5. The van der Waals surface area contributed by atoms with E-state index in [9.17, 15) is 5.11 Å². The molecule has 0 saturated carbocycles. The van der Waals surface area contributed by atoms with Crippen molar-refractivity contribution in [3.8, 4) is 0 Å². The van der Waals surface area contributed by atoms with Crippen LogP contribution in [0.25, 0.3) is 0 Å². The predicted molar refractivity (Wildman–Crippen MR) is 105 cm³/mol. The molecule has 0 aliphatic carbocycles. The van der Waals surface area contributed by atoms with Crippen LogP contribution < -0.4 is 10.6 Å². The number of nitrogens with zero attached hydrogens (tertiary/aromatic N) is 2. The average Bonchev–Trinajstić information content (AvgIpc) is 3.07. The van der Waals surface area contributed by atoms with E-state index in [2.05, 4.69) is 39.8 Å². The monoisotopic (exact) mass is 380 g/mol. The first-order valence-electron chi connectivity index (χ1n) is 8.39. The van der Waals surface area contributed by atoms with Gasteiger partial charge < -0.3 is 15.7 Å². The SMILES string of the molecule is CCNC(=NCc1nc(C(C)C)cs1)NCC(O)c1ccc(Cl)cc1. The van der Waals surface area contributed by atoms with E-state index >= 15 is 0 Å². The standard InChI is InChI=1S/C18H25ClN4OS/c1-4-20-18(22-10-17-23-15(11-25-17)12(2)3)21-9-16(24)13-5-7-14(19)8-6-13/h5-8,11-12,16,24H,4,9-10H2,1-3H3,(H2,20,21,22). The molecule has 2 rings (SSSR count). The summed E-state index contributed by atoms with van der Waals surface area (Å²) in [6.45, 7) is 7.90. The molecule has 1 aromatic carbocycles. The number of halogens is 1. The lowest BCUT2D eigenvalue weighted by Gasteiger charge is -2.15. The number of guanidine groups is 1. The molecule has 0 amide bonds. The summed E-state index contributed by atoms with van der Waals surface area (Å²) in [5.41, 5.74) is 1.92. The highest BCUT2D eigenvalue weighted by Gasteiger charge is 2.09. The molecule has 0 spiro atoms. The van der Waals surface area contributed by atoms with Crippen molar-refractivity contribution in [1.29, 1.82) is 0 Å². The normalized spacial score (nSPS) is 13.1.